The smallest absolute Gasteiger partial charge is 0.237 e. The molecule has 2 atom stereocenters. The number of nitrogens with one attached hydrogen (secondary N) is 1. The van der Waals surface area contributed by atoms with Crippen LogP contribution in [0.3, 0.4) is 0 Å². The van der Waals surface area contributed by atoms with Gasteiger partial charge in [-0.05, 0) is 66.1 Å². The molecule has 5 nitrogen and oxygen atoms in total. The van der Waals surface area contributed by atoms with Gasteiger partial charge in [0.1, 0.15) is 0 Å². The van der Waals surface area contributed by atoms with E-state index in [0.717, 1.165) is 39.0 Å². The van der Waals surface area contributed by atoms with Gasteiger partial charge in [-0.3, -0.25) is 4.79 Å². The van der Waals surface area contributed by atoms with Crippen LogP contribution in [0.4, 0.5) is 0 Å². The van der Waals surface area contributed by atoms with Gasteiger partial charge in [0, 0.05) is 13.2 Å². The molecule has 0 aromatic rings. The van der Waals surface area contributed by atoms with E-state index in [0.29, 0.717) is 6.10 Å². The second-order valence-electron chi connectivity index (χ2n) is 5.92. The van der Waals surface area contributed by atoms with Crippen LogP contribution in [0.2, 0.25) is 0 Å². The molecule has 0 bridgehead atoms. The molecule has 5 heteroatoms. The minimum Gasteiger partial charge on any atom is -0.377 e. The van der Waals surface area contributed by atoms with Gasteiger partial charge in [-0.25, -0.2) is 0 Å². The molecule has 1 fully saturated rings. The molecular weight excluding hydrogens is 254 g/mol. The van der Waals surface area contributed by atoms with E-state index in [1.54, 1.807) is 7.05 Å². The number of primary amides is 1. The Bertz CT molecular complexity index is 297. The van der Waals surface area contributed by atoms with Crippen LogP contribution in [0.25, 0.3) is 0 Å². The topological polar surface area (TPSA) is 67.6 Å². The van der Waals surface area contributed by atoms with Crippen molar-refractivity contribution < 1.29 is 9.53 Å². The zero-order valence-electron chi connectivity index (χ0n) is 13.3. The molecule has 1 aliphatic rings. The van der Waals surface area contributed by atoms with Crippen LogP contribution in [0.5, 0.6) is 0 Å². The second kappa shape index (κ2) is 8.60. The number of carbonyl (C=O) groups excluding carboxylic acids is 1. The van der Waals surface area contributed by atoms with E-state index in [9.17, 15) is 4.79 Å². The molecule has 0 spiro atoms. The van der Waals surface area contributed by atoms with E-state index in [1.165, 1.54) is 19.4 Å². The van der Waals surface area contributed by atoms with E-state index in [-0.39, 0.29) is 5.91 Å². The molecule has 0 aromatic carbocycles. The van der Waals surface area contributed by atoms with E-state index < -0.39 is 5.54 Å². The number of rotatable bonds is 9. The Hall–Kier alpha value is -0.650. The fourth-order valence-electron chi connectivity index (χ4n) is 2.77. The zero-order chi connectivity index (χ0) is 15.0. The molecule has 1 saturated heterocycles. The lowest BCUT2D eigenvalue weighted by molar-refractivity contribution is -0.123. The van der Waals surface area contributed by atoms with Gasteiger partial charge in [0.2, 0.25) is 5.91 Å². The van der Waals surface area contributed by atoms with Crippen molar-refractivity contribution in [3.05, 3.63) is 0 Å². The van der Waals surface area contributed by atoms with Crippen molar-refractivity contribution in [3.8, 4) is 0 Å². The molecule has 0 saturated carbocycles. The molecule has 3 N–H and O–H groups in total. The van der Waals surface area contributed by atoms with Gasteiger partial charge in [-0.1, -0.05) is 0 Å². The summed E-state index contributed by atoms with van der Waals surface area (Å²) in [6.45, 7) is 8.04. The molecule has 0 aromatic heterocycles. The zero-order valence-corrected chi connectivity index (χ0v) is 13.3. The summed E-state index contributed by atoms with van der Waals surface area (Å²) >= 11 is 0. The van der Waals surface area contributed by atoms with Crippen molar-refractivity contribution in [1.82, 2.24) is 10.2 Å². The quantitative estimate of drug-likeness (QED) is 0.623. The Morgan fingerprint density at radius 3 is 2.85 bits per heavy atom. The maximum atomic E-state index is 11.4. The monoisotopic (exact) mass is 285 g/mol. The first kappa shape index (κ1) is 17.4. The Morgan fingerprint density at radius 2 is 2.25 bits per heavy atom. The summed E-state index contributed by atoms with van der Waals surface area (Å²) in [7, 11) is 1.79. The maximum Gasteiger partial charge on any atom is 0.237 e. The number of amides is 1. The van der Waals surface area contributed by atoms with Gasteiger partial charge >= 0.3 is 0 Å². The third kappa shape index (κ3) is 5.38. The summed E-state index contributed by atoms with van der Waals surface area (Å²) in [6.07, 6.45) is 5.72. The van der Waals surface area contributed by atoms with E-state index in [1.807, 2.05) is 6.92 Å². The molecule has 20 heavy (non-hydrogen) atoms. The third-order valence-electron chi connectivity index (χ3n) is 4.36. The van der Waals surface area contributed by atoms with E-state index >= 15 is 0 Å². The summed E-state index contributed by atoms with van der Waals surface area (Å²) < 4.78 is 5.71. The van der Waals surface area contributed by atoms with Crippen LogP contribution in [0.15, 0.2) is 0 Å². The minimum absolute atomic E-state index is 0.269. The van der Waals surface area contributed by atoms with Crippen LogP contribution in [-0.4, -0.2) is 55.7 Å². The molecule has 1 heterocycles. The number of hydrogen-bond acceptors (Lipinski definition) is 4. The number of unbranched alkanes of at least 4 members (excludes halogenated alkanes) is 1. The van der Waals surface area contributed by atoms with Crippen molar-refractivity contribution in [3.63, 3.8) is 0 Å². The fraction of sp³-hybridized carbons (Fsp3) is 0.933. The highest BCUT2D eigenvalue weighted by Crippen LogP contribution is 2.16. The Balaban J connectivity index is 2.22. The second-order valence-corrected chi connectivity index (χ2v) is 5.92. The molecule has 1 rings (SSSR count). The van der Waals surface area contributed by atoms with Gasteiger partial charge in [0.05, 0.1) is 11.6 Å². The third-order valence-corrected chi connectivity index (χ3v) is 4.36. The maximum absolute atomic E-state index is 11.4. The molecule has 2 unspecified atom stereocenters. The Morgan fingerprint density at radius 1 is 1.50 bits per heavy atom. The highest BCUT2D eigenvalue weighted by Gasteiger charge is 2.28. The predicted molar refractivity (Wildman–Crippen MR) is 81.6 cm³/mol. The summed E-state index contributed by atoms with van der Waals surface area (Å²) in [5.74, 6) is -0.269. The van der Waals surface area contributed by atoms with Crippen LogP contribution in [0, 0.1) is 0 Å². The van der Waals surface area contributed by atoms with Crippen molar-refractivity contribution in [2.24, 2.45) is 5.73 Å². The Labute approximate surface area is 123 Å². The largest absolute Gasteiger partial charge is 0.377 e. The van der Waals surface area contributed by atoms with Crippen LogP contribution < -0.4 is 11.1 Å². The number of nitrogens with two attached hydrogens (primary N) is 1. The number of nitrogens with zero attached hydrogens (tertiary/aromatic N) is 1. The van der Waals surface area contributed by atoms with Crippen LogP contribution in [0.1, 0.15) is 46.0 Å². The van der Waals surface area contributed by atoms with Gasteiger partial charge in [-0.15, -0.1) is 0 Å². The molecular formula is C15H31N3O2. The van der Waals surface area contributed by atoms with Gasteiger partial charge in [0.15, 0.2) is 0 Å². The first-order chi connectivity index (χ1) is 9.51. The summed E-state index contributed by atoms with van der Waals surface area (Å²) in [5.41, 5.74) is 4.86. The Kier molecular flexibility index (Phi) is 7.48. The number of piperidine rings is 1. The van der Waals surface area contributed by atoms with Crippen molar-refractivity contribution in [2.45, 2.75) is 57.6 Å². The number of ether oxygens (including phenoxy) is 1. The van der Waals surface area contributed by atoms with E-state index in [4.69, 9.17) is 10.5 Å². The summed E-state index contributed by atoms with van der Waals surface area (Å²) in [4.78, 5) is 13.9. The molecule has 0 aliphatic carbocycles. The SMILES string of the molecule is CCOC1CCCN(CCCCC(C)(NC)C(N)=O)C1. The molecule has 1 aliphatic heterocycles. The van der Waals surface area contributed by atoms with Crippen molar-refractivity contribution in [1.29, 1.82) is 0 Å². The van der Waals surface area contributed by atoms with Crippen molar-refractivity contribution in [2.75, 3.05) is 33.3 Å². The highest BCUT2D eigenvalue weighted by atomic mass is 16.5. The summed E-state index contributed by atoms with van der Waals surface area (Å²) in [6, 6.07) is 0. The van der Waals surface area contributed by atoms with Crippen LogP contribution >= 0.6 is 0 Å². The first-order valence-electron chi connectivity index (χ1n) is 7.84. The predicted octanol–water partition coefficient (Wildman–Crippen LogP) is 1.12. The lowest BCUT2D eigenvalue weighted by Gasteiger charge is -2.32. The number of carbonyl (C=O) groups is 1. The van der Waals surface area contributed by atoms with Gasteiger partial charge in [-0.2, -0.15) is 0 Å². The fourth-order valence-corrected chi connectivity index (χ4v) is 2.77. The standard InChI is InChI=1S/C15H31N3O2/c1-4-20-13-8-7-11-18(12-13)10-6-5-9-15(2,17-3)14(16)19/h13,17H,4-12H2,1-3H3,(H2,16,19). The molecule has 1 amide bonds. The lowest BCUT2D eigenvalue weighted by Crippen LogP contribution is -2.51. The lowest BCUT2D eigenvalue weighted by atomic mass is 9.94. The van der Waals surface area contributed by atoms with E-state index in [2.05, 4.69) is 17.1 Å². The number of likely N-dealkylation sites (tertiary alicyclic amines) is 1. The van der Waals surface area contributed by atoms with Crippen LogP contribution in [-0.2, 0) is 9.53 Å². The first-order valence-corrected chi connectivity index (χ1v) is 7.84. The van der Waals surface area contributed by atoms with Gasteiger partial charge < -0.3 is 20.7 Å². The average molecular weight is 285 g/mol. The summed E-state index contributed by atoms with van der Waals surface area (Å²) in [5, 5.41) is 3.03. The molecule has 0 radical (unpaired) electrons. The number of hydrogen-bond donors (Lipinski definition) is 2. The normalized spacial score (nSPS) is 23.4. The van der Waals surface area contributed by atoms with Crippen molar-refractivity contribution >= 4 is 5.91 Å². The van der Waals surface area contributed by atoms with Gasteiger partial charge in [0.25, 0.3) is 0 Å². The number of likely N-dealkylation sites (N-methyl/N-ethyl adjacent to an activating group) is 1. The highest BCUT2D eigenvalue weighted by molar-refractivity contribution is 5.84. The molecule has 118 valence electrons. The average Bonchev–Trinajstić information content (AvgIpc) is 2.44. The minimum atomic E-state index is -0.574.